The van der Waals surface area contributed by atoms with E-state index >= 15 is 0 Å². The summed E-state index contributed by atoms with van der Waals surface area (Å²) in [5, 5.41) is 0. The molecule has 2 heterocycles. The van der Waals surface area contributed by atoms with Gasteiger partial charge in [0.15, 0.2) is 0 Å². The first-order valence-corrected chi connectivity index (χ1v) is 12.9. The zero-order valence-electron chi connectivity index (χ0n) is 18.4. The highest BCUT2D eigenvalue weighted by atomic mass is 32.2. The Kier molecular flexibility index (Phi) is 6.34. The summed E-state index contributed by atoms with van der Waals surface area (Å²) in [6, 6.07) is 6.99. The summed E-state index contributed by atoms with van der Waals surface area (Å²) < 4.78 is 42.3. The minimum Gasteiger partial charge on any atom is -0.298 e. The van der Waals surface area contributed by atoms with Crippen molar-refractivity contribution < 1.29 is 12.6 Å². The molecule has 0 radical (unpaired) electrons. The van der Waals surface area contributed by atoms with Crippen molar-refractivity contribution in [2.45, 2.75) is 67.7 Å². The monoisotopic (exact) mass is 441 g/mol. The molecule has 1 aromatic carbocycles. The predicted octanol–water partition coefficient (Wildman–Crippen LogP) is 2.90. The lowest BCUT2D eigenvalue weighted by Crippen LogP contribution is -2.62. The fourth-order valence-corrected chi connectivity index (χ4v) is 6.46. The van der Waals surface area contributed by atoms with Crippen LogP contribution in [0.5, 0.6) is 0 Å². The van der Waals surface area contributed by atoms with Gasteiger partial charge in [0, 0.05) is 26.2 Å². The third-order valence-electron chi connectivity index (χ3n) is 6.57. The third-order valence-corrected chi connectivity index (χ3v) is 9.97. The van der Waals surface area contributed by atoms with Crippen LogP contribution in [0.25, 0.3) is 0 Å². The van der Waals surface area contributed by atoms with Crippen molar-refractivity contribution in [3.63, 3.8) is 0 Å². The first kappa shape index (κ1) is 22.9. The number of likely N-dealkylation sites (N-methyl/N-ethyl adjacent to an activating group) is 1. The van der Waals surface area contributed by atoms with Crippen LogP contribution >= 0.6 is 0 Å². The molecule has 2 saturated heterocycles. The Morgan fingerprint density at radius 1 is 1.17 bits per heavy atom. The summed E-state index contributed by atoms with van der Waals surface area (Å²) in [4.78, 5) is 2.72. The molecular formula is C21H35N3O3S2. The average molecular weight is 442 g/mol. The van der Waals surface area contributed by atoms with Crippen molar-refractivity contribution in [1.29, 1.82) is 0 Å². The van der Waals surface area contributed by atoms with Crippen molar-refractivity contribution in [1.82, 2.24) is 13.9 Å². The smallest absolute Gasteiger partial charge is 0.242 e. The van der Waals surface area contributed by atoms with Crippen LogP contribution in [-0.2, 0) is 21.0 Å². The Bertz CT molecular complexity index is 852. The molecule has 2 atom stereocenters. The molecule has 1 aliphatic carbocycles. The van der Waals surface area contributed by atoms with Gasteiger partial charge in [-0.05, 0) is 77.1 Å². The van der Waals surface area contributed by atoms with Gasteiger partial charge in [0.05, 0.1) is 26.7 Å². The predicted molar refractivity (Wildman–Crippen MR) is 118 cm³/mol. The number of piperidine rings is 2. The minimum atomic E-state index is -3.47. The second-order valence-corrected chi connectivity index (χ2v) is 13.9. The van der Waals surface area contributed by atoms with Gasteiger partial charge in [-0.3, -0.25) is 4.90 Å². The molecule has 29 heavy (non-hydrogen) atoms. The number of sulfonamides is 1. The first-order valence-electron chi connectivity index (χ1n) is 10.3. The maximum atomic E-state index is 13.1. The zero-order valence-corrected chi connectivity index (χ0v) is 20.1. The van der Waals surface area contributed by atoms with Gasteiger partial charge in [-0.2, -0.15) is 0 Å². The maximum absolute atomic E-state index is 13.1. The summed E-state index contributed by atoms with van der Waals surface area (Å²) in [5.74, 6) is 0.753. The standard InChI is InChI=1S/C21H35N3O3S2/c1-20(2,3)28(25)22-19(21-13-11-16(12-14-21)15-24(21)6)17-7-9-18(10-8-17)29(26,27)23(4)5/h7-10,16,19,22H,11-15H2,1-6H3. The number of nitrogens with zero attached hydrogens (tertiary/aromatic N) is 2. The van der Waals surface area contributed by atoms with Crippen LogP contribution in [0, 0.1) is 5.92 Å². The fourth-order valence-electron chi connectivity index (χ4n) is 4.63. The summed E-state index contributed by atoms with van der Waals surface area (Å²) in [6.07, 6.45) is 4.51. The number of benzene rings is 1. The Balaban J connectivity index is 2.01. The van der Waals surface area contributed by atoms with E-state index in [2.05, 4.69) is 16.7 Å². The van der Waals surface area contributed by atoms with E-state index in [1.54, 1.807) is 12.1 Å². The van der Waals surface area contributed by atoms with Crippen LogP contribution in [0.2, 0.25) is 0 Å². The molecule has 4 rings (SSSR count). The average Bonchev–Trinajstić information content (AvgIpc) is 2.66. The van der Waals surface area contributed by atoms with Gasteiger partial charge in [-0.15, -0.1) is 0 Å². The molecule has 3 aliphatic rings. The van der Waals surface area contributed by atoms with Crippen molar-refractivity contribution in [2.24, 2.45) is 5.92 Å². The SMILES string of the molecule is CN1CC2CCC1(C(NS(=O)C(C)(C)C)c1ccc(S(=O)(=O)N(C)C)cc1)CC2. The molecule has 8 heteroatoms. The van der Waals surface area contributed by atoms with Crippen molar-refractivity contribution in [3.05, 3.63) is 29.8 Å². The summed E-state index contributed by atoms with van der Waals surface area (Å²) in [5.41, 5.74) is 0.893. The van der Waals surface area contributed by atoms with E-state index in [1.165, 1.54) is 31.2 Å². The van der Waals surface area contributed by atoms with Crippen LogP contribution in [0.15, 0.2) is 29.2 Å². The second kappa shape index (κ2) is 8.04. The summed E-state index contributed by atoms with van der Waals surface area (Å²) >= 11 is 0. The largest absolute Gasteiger partial charge is 0.298 e. The van der Waals surface area contributed by atoms with E-state index in [-0.39, 0.29) is 21.2 Å². The quantitative estimate of drug-likeness (QED) is 0.737. The van der Waals surface area contributed by atoms with Crippen molar-refractivity contribution in [3.8, 4) is 0 Å². The summed E-state index contributed by atoms with van der Waals surface area (Å²) in [6.45, 7) is 6.98. The van der Waals surface area contributed by atoms with Crippen molar-refractivity contribution >= 4 is 21.0 Å². The number of hydrogen-bond donors (Lipinski definition) is 1. The highest BCUT2D eigenvalue weighted by Gasteiger charge is 2.50. The molecule has 1 saturated carbocycles. The van der Waals surface area contributed by atoms with Crippen LogP contribution in [0.4, 0.5) is 0 Å². The lowest BCUT2D eigenvalue weighted by molar-refractivity contribution is -0.0370. The Morgan fingerprint density at radius 3 is 2.17 bits per heavy atom. The Hall–Kier alpha value is -0.800. The van der Waals surface area contributed by atoms with E-state index in [0.29, 0.717) is 0 Å². The highest BCUT2D eigenvalue weighted by molar-refractivity contribution is 7.89. The van der Waals surface area contributed by atoms with Gasteiger partial charge in [0.2, 0.25) is 10.0 Å². The molecule has 2 unspecified atom stereocenters. The normalized spacial score (nSPS) is 27.9. The number of hydrogen-bond acceptors (Lipinski definition) is 4. The molecule has 3 fully saturated rings. The second-order valence-electron chi connectivity index (χ2n) is 9.72. The molecule has 0 amide bonds. The van der Waals surface area contributed by atoms with Gasteiger partial charge in [-0.25, -0.2) is 21.7 Å². The number of rotatable bonds is 6. The van der Waals surface area contributed by atoms with E-state index in [4.69, 9.17) is 0 Å². The van der Waals surface area contributed by atoms with Crippen LogP contribution < -0.4 is 4.72 Å². The Morgan fingerprint density at radius 2 is 1.72 bits per heavy atom. The summed E-state index contributed by atoms with van der Waals surface area (Å²) in [7, 11) is 0.545. The van der Waals surface area contributed by atoms with E-state index < -0.39 is 21.0 Å². The lowest BCUT2D eigenvalue weighted by Gasteiger charge is -2.57. The van der Waals surface area contributed by atoms with Gasteiger partial charge < -0.3 is 0 Å². The van der Waals surface area contributed by atoms with Gasteiger partial charge >= 0.3 is 0 Å². The minimum absolute atomic E-state index is 0.0996. The number of fused-ring (bicyclic) bond motifs is 3. The first-order chi connectivity index (χ1) is 13.4. The van der Waals surface area contributed by atoms with E-state index in [1.807, 2.05) is 32.9 Å². The maximum Gasteiger partial charge on any atom is 0.242 e. The highest BCUT2D eigenvalue weighted by Crippen LogP contribution is 2.49. The third kappa shape index (κ3) is 4.32. The molecule has 6 nitrogen and oxygen atoms in total. The molecule has 164 valence electrons. The number of nitrogens with one attached hydrogen (secondary N) is 1. The molecule has 1 aromatic rings. The van der Waals surface area contributed by atoms with Crippen LogP contribution in [0.3, 0.4) is 0 Å². The Labute approximate surface area is 178 Å². The molecule has 2 aliphatic heterocycles. The van der Waals surface area contributed by atoms with Crippen LogP contribution in [0.1, 0.15) is 58.1 Å². The molecule has 2 bridgehead atoms. The van der Waals surface area contributed by atoms with E-state index in [0.717, 1.165) is 30.9 Å². The molecule has 0 aromatic heterocycles. The molecular weight excluding hydrogens is 406 g/mol. The zero-order chi connectivity index (χ0) is 21.6. The van der Waals surface area contributed by atoms with Crippen molar-refractivity contribution in [2.75, 3.05) is 27.7 Å². The van der Waals surface area contributed by atoms with Gasteiger partial charge in [-0.1, -0.05) is 12.1 Å². The van der Waals surface area contributed by atoms with E-state index in [9.17, 15) is 12.6 Å². The molecule has 1 N–H and O–H groups in total. The lowest BCUT2D eigenvalue weighted by atomic mass is 9.66. The van der Waals surface area contributed by atoms with Crippen LogP contribution in [-0.4, -0.2) is 59.8 Å². The molecule has 0 spiro atoms. The van der Waals surface area contributed by atoms with Gasteiger partial charge in [0.1, 0.15) is 0 Å². The van der Waals surface area contributed by atoms with Gasteiger partial charge in [0.25, 0.3) is 0 Å². The topological polar surface area (TPSA) is 69.7 Å². The fraction of sp³-hybridized carbons (Fsp3) is 0.714.